The second kappa shape index (κ2) is 7.24. The number of aryl methyl sites for hydroxylation is 1. The molecule has 7 nitrogen and oxygen atoms in total. The molecule has 0 unspecified atom stereocenters. The molecule has 1 N–H and O–H groups in total. The number of hydrogen-bond donors (Lipinski definition) is 1. The van der Waals surface area contributed by atoms with Gasteiger partial charge in [-0.2, -0.15) is 5.10 Å². The Hall–Kier alpha value is -3.13. The van der Waals surface area contributed by atoms with Crippen LogP contribution in [0.1, 0.15) is 22.0 Å². The summed E-state index contributed by atoms with van der Waals surface area (Å²) in [5.74, 6) is 1.20. The van der Waals surface area contributed by atoms with Crippen LogP contribution in [0.15, 0.2) is 68.4 Å². The fourth-order valence-corrected chi connectivity index (χ4v) is 2.88. The zero-order valence-electron chi connectivity index (χ0n) is 14.3. The van der Waals surface area contributed by atoms with Gasteiger partial charge in [0.1, 0.15) is 11.5 Å². The number of aromatic nitrogens is 3. The summed E-state index contributed by atoms with van der Waals surface area (Å²) in [5, 5.41) is 6.96. The molecule has 0 aliphatic rings. The second-order valence-corrected chi connectivity index (χ2v) is 6.64. The summed E-state index contributed by atoms with van der Waals surface area (Å²) < 4.78 is 13.3. The van der Waals surface area contributed by atoms with E-state index in [1.54, 1.807) is 35.1 Å². The average Bonchev–Trinajstić information content (AvgIpc) is 3.39. The van der Waals surface area contributed by atoms with Crippen LogP contribution < -0.4 is 5.32 Å². The molecule has 0 spiro atoms. The summed E-state index contributed by atoms with van der Waals surface area (Å²) in [5.41, 5.74) is 2.30. The van der Waals surface area contributed by atoms with E-state index in [9.17, 15) is 4.79 Å². The Morgan fingerprint density at radius 1 is 1.19 bits per heavy atom. The van der Waals surface area contributed by atoms with E-state index in [2.05, 4.69) is 31.3 Å². The quantitative estimate of drug-likeness (QED) is 0.507. The van der Waals surface area contributed by atoms with Crippen molar-refractivity contribution in [3.63, 3.8) is 0 Å². The summed E-state index contributed by atoms with van der Waals surface area (Å²) in [4.78, 5) is 16.7. The number of furan rings is 1. The molecule has 4 aromatic rings. The highest BCUT2D eigenvalue weighted by Gasteiger charge is 2.13. The van der Waals surface area contributed by atoms with Crippen LogP contribution in [0.3, 0.4) is 0 Å². The number of carbonyl (C=O) groups is 1. The first-order valence-electron chi connectivity index (χ1n) is 8.19. The van der Waals surface area contributed by atoms with Crippen LogP contribution in [-0.2, 0) is 6.54 Å². The fourth-order valence-electron chi connectivity index (χ4n) is 2.57. The molecule has 0 atom stereocenters. The van der Waals surface area contributed by atoms with Crippen molar-refractivity contribution in [3.05, 3.63) is 76.7 Å². The summed E-state index contributed by atoms with van der Waals surface area (Å²) >= 11 is 3.18. The van der Waals surface area contributed by atoms with E-state index in [0.29, 0.717) is 22.8 Å². The molecule has 8 heteroatoms. The highest BCUT2D eigenvalue weighted by molar-refractivity contribution is 9.10. The molecule has 4 rings (SSSR count). The van der Waals surface area contributed by atoms with E-state index >= 15 is 0 Å². The van der Waals surface area contributed by atoms with Gasteiger partial charge in [-0.1, -0.05) is 0 Å². The van der Waals surface area contributed by atoms with Crippen molar-refractivity contribution in [3.8, 4) is 11.5 Å². The van der Waals surface area contributed by atoms with Crippen molar-refractivity contribution >= 4 is 27.5 Å². The van der Waals surface area contributed by atoms with Crippen LogP contribution in [0, 0.1) is 6.92 Å². The largest absolute Gasteiger partial charge is 0.444 e. The Morgan fingerprint density at radius 2 is 2.00 bits per heavy atom. The molecule has 0 saturated carbocycles. The lowest BCUT2D eigenvalue weighted by atomic mass is 10.2. The Morgan fingerprint density at radius 3 is 2.67 bits per heavy atom. The molecule has 0 saturated heterocycles. The maximum Gasteiger partial charge on any atom is 0.291 e. The Kier molecular flexibility index (Phi) is 4.64. The van der Waals surface area contributed by atoms with E-state index in [0.717, 1.165) is 17.0 Å². The first-order valence-corrected chi connectivity index (χ1v) is 8.98. The van der Waals surface area contributed by atoms with Crippen molar-refractivity contribution in [2.75, 3.05) is 5.32 Å². The zero-order chi connectivity index (χ0) is 18.8. The number of carbonyl (C=O) groups excluding carboxylic acids is 1. The number of anilines is 1. The number of rotatable bonds is 5. The van der Waals surface area contributed by atoms with Crippen LogP contribution >= 0.6 is 15.9 Å². The van der Waals surface area contributed by atoms with Crippen LogP contribution in [0.25, 0.3) is 11.5 Å². The number of amides is 1. The van der Waals surface area contributed by atoms with Crippen LogP contribution in [0.5, 0.6) is 0 Å². The predicted octanol–water partition coefficient (Wildman–Crippen LogP) is 4.50. The van der Waals surface area contributed by atoms with Crippen LogP contribution in [0.4, 0.5) is 5.69 Å². The Labute approximate surface area is 163 Å². The van der Waals surface area contributed by atoms with Gasteiger partial charge in [0.15, 0.2) is 10.4 Å². The maximum atomic E-state index is 12.1. The number of halogens is 1. The number of nitrogens with one attached hydrogen (secondary N) is 1. The summed E-state index contributed by atoms with van der Waals surface area (Å²) in [6.45, 7) is 2.43. The third-order valence-electron chi connectivity index (χ3n) is 3.95. The van der Waals surface area contributed by atoms with Crippen molar-refractivity contribution in [1.29, 1.82) is 0 Å². The minimum atomic E-state index is -0.318. The van der Waals surface area contributed by atoms with E-state index in [1.807, 2.05) is 31.3 Å². The van der Waals surface area contributed by atoms with Crippen LogP contribution in [-0.4, -0.2) is 20.7 Å². The third-order valence-corrected chi connectivity index (χ3v) is 4.38. The minimum absolute atomic E-state index is 0.234. The topological polar surface area (TPSA) is 86.1 Å². The molecule has 136 valence electrons. The van der Waals surface area contributed by atoms with Gasteiger partial charge in [-0.15, -0.1) is 0 Å². The van der Waals surface area contributed by atoms with E-state index in [4.69, 9.17) is 8.83 Å². The molecular formula is C19H15BrN4O3. The normalized spacial score (nSPS) is 10.9. The molecule has 0 aliphatic heterocycles. The first kappa shape index (κ1) is 17.3. The number of hydrogen-bond acceptors (Lipinski definition) is 5. The fraction of sp³-hybridized carbons (Fsp3) is 0.105. The van der Waals surface area contributed by atoms with Gasteiger partial charge in [-0.3, -0.25) is 9.48 Å². The van der Waals surface area contributed by atoms with Gasteiger partial charge in [-0.25, -0.2) is 4.98 Å². The van der Waals surface area contributed by atoms with Gasteiger partial charge in [0.05, 0.1) is 6.54 Å². The van der Waals surface area contributed by atoms with Crippen molar-refractivity contribution in [1.82, 2.24) is 14.8 Å². The molecular weight excluding hydrogens is 412 g/mol. The molecule has 3 aromatic heterocycles. The molecule has 3 heterocycles. The summed E-state index contributed by atoms with van der Waals surface area (Å²) in [6, 6.07) is 12.4. The minimum Gasteiger partial charge on any atom is -0.444 e. The standard InChI is InChI=1S/C19H15BrN4O3/c1-12-15(11-24-10-2-9-21-24)23-19(26-12)13-3-5-14(6-4-13)22-18(25)16-7-8-17(20)27-16/h2-10H,11H2,1H3,(H,22,25). The molecule has 0 bridgehead atoms. The van der Waals surface area contributed by atoms with E-state index < -0.39 is 0 Å². The lowest BCUT2D eigenvalue weighted by Crippen LogP contribution is -2.10. The molecule has 27 heavy (non-hydrogen) atoms. The summed E-state index contributed by atoms with van der Waals surface area (Å²) in [7, 11) is 0. The number of nitrogens with zero attached hydrogens (tertiary/aromatic N) is 3. The van der Waals surface area contributed by atoms with E-state index in [-0.39, 0.29) is 11.7 Å². The van der Waals surface area contributed by atoms with Gasteiger partial charge in [0, 0.05) is 23.6 Å². The Balaban J connectivity index is 1.48. The molecule has 1 amide bonds. The van der Waals surface area contributed by atoms with Crippen molar-refractivity contribution in [2.24, 2.45) is 0 Å². The predicted molar refractivity (Wildman–Crippen MR) is 102 cm³/mol. The average molecular weight is 427 g/mol. The lowest BCUT2D eigenvalue weighted by molar-refractivity contribution is 0.0995. The maximum absolute atomic E-state index is 12.1. The Bertz CT molecular complexity index is 1070. The molecule has 0 radical (unpaired) electrons. The van der Waals surface area contributed by atoms with Gasteiger partial charge >= 0.3 is 0 Å². The molecule has 1 aromatic carbocycles. The molecule has 0 aliphatic carbocycles. The SMILES string of the molecule is Cc1oc(-c2ccc(NC(=O)c3ccc(Br)o3)cc2)nc1Cn1cccn1. The van der Waals surface area contributed by atoms with Gasteiger partial charge in [0.25, 0.3) is 5.91 Å². The second-order valence-electron chi connectivity index (χ2n) is 5.86. The molecule has 0 fully saturated rings. The highest BCUT2D eigenvalue weighted by Crippen LogP contribution is 2.24. The number of benzene rings is 1. The first-order chi connectivity index (χ1) is 13.1. The van der Waals surface area contributed by atoms with E-state index in [1.165, 1.54) is 0 Å². The van der Waals surface area contributed by atoms with Gasteiger partial charge in [-0.05, 0) is 65.3 Å². The van der Waals surface area contributed by atoms with Crippen LogP contribution in [0.2, 0.25) is 0 Å². The van der Waals surface area contributed by atoms with Gasteiger partial charge < -0.3 is 14.2 Å². The third kappa shape index (κ3) is 3.85. The zero-order valence-corrected chi connectivity index (χ0v) is 15.9. The van der Waals surface area contributed by atoms with Crippen molar-refractivity contribution < 1.29 is 13.6 Å². The highest BCUT2D eigenvalue weighted by atomic mass is 79.9. The summed E-state index contributed by atoms with van der Waals surface area (Å²) in [6.07, 6.45) is 3.60. The number of oxazole rings is 1. The lowest BCUT2D eigenvalue weighted by Gasteiger charge is -2.03. The van der Waals surface area contributed by atoms with Gasteiger partial charge in [0.2, 0.25) is 5.89 Å². The van der Waals surface area contributed by atoms with Crippen molar-refractivity contribution in [2.45, 2.75) is 13.5 Å². The monoisotopic (exact) mass is 426 g/mol. The smallest absolute Gasteiger partial charge is 0.291 e.